The van der Waals surface area contributed by atoms with Gasteiger partial charge in [-0.25, -0.2) is 0 Å². The molecule has 0 aliphatic carbocycles. The molecule has 1 unspecified atom stereocenters. The average molecular weight is 383 g/mol. The van der Waals surface area contributed by atoms with Gasteiger partial charge in [-0.3, -0.25) is 9.78 Å². The molecule has 1 aliphatic heterocycles. The number of carbonyl (C=O) groups excluding carboxylic acids is 1. The van der Waals surface area contributed by atoms with E-state index in [0.29, 0.717) is 34.3 Å². The SMILES string of the molecule is CCC(OC)C(=O)N1Cc2cnc3c(Cl)c(Cl)c(OC)cc3c2[C@H]1C. The number of carbonyl (C=O) groups is 1. The van der Waals surface area contributed by atoms with Gasteiger partial charge in [-0.05, 0) is 30.5 Å². The van der Waals surface area contributed by atoms with Crippen molar-refractivity contribution in [2.75, 3.05) is 14.2 Å². The molecule has 0 radical (unpaired) electrons. The second-order valence-corrected chi connectivity index (χ2v) is 6.83. The molecule has 1 aromatic carbocycles. The Kier molecular flexibility index (Phi) is 5.09. The number of ether oxygens (including phenoxy) is 2. The predicted octanol–water partition coefficient (Wildman–Crippen LogP) is 4.38. The summed E-state index contributed by atoms with van der Waals surface area (Å²) >= 11 is 12.6. The molecule has 0 saturated heterocycles. The van der Waals surface area contributed by atoms with Gasteiger partial charge in [0, 0.05) is 25.2 Å². The van der Waals surface area contributed by atoms with Gasteiger partial charge in [0.2, 0.25) is 0 Å². The molecule has 2 atom stereocenters. The van der Waals surface area contributed by atoms with Crippen molar-refractivity contribution < 1.29 is 14.3 Å². The first-order valence-corrected chi connectivity index (χ1v) is 8.86. The second-order valence-electron chi connectivity index (χ2n) is 6.07. The molecule has 134 valence electrons. The zero-order valence-electron chi connectivity index (χ0n) is 14.6. The Hall–Kier alpha value is -1.56. The summed E-state index contributed by atoms with van der Waals surface area (Å²) < 4.78 is 10.6. The van der Waals surface area contributed by atoms with E-state index in [0.717, 1.165) is 16.5 Å². The first kappa shape index (κ1) is 18.2. The normalized spacial score (nSPS) is 17.7. The summed E-state index contributed by atoms with van der Waals surface area (Å²) in [5.41, 5.74) is 2.65. The van der Waals surface area contributed by atoms with Crippen LogP contribution in [-0.4, -0.2) is 36.1 Å². The summed E-state index contributed by atoms with van der Waals surface area (Å²) in [4.78, 5) is 19.1. The van der Waals surface area contributed by atoms with Gasteiger partial charge in [0.1, 0.15) is 16.9 Å². The van der Waals surface area contributed by atoms with Crippen LogP contribution in [0.4, 0.5) is 0 Å². The molecular formula is C18H20Cl2N2O3. The second kappa shape index (κ2) is 6.98. The molecule has 2 heterocycles. The smallest absolute Gasteiger partial charge is 0.252 e. The summed E-state index contributed by atoms with van der Waals surface area (Å²) in [7, 11) is 3.10. The summed E-state index contributed by atoms with van der Waals surface area (Å²) in [6.07, 6.45) is 1.95. The molecule has 1 aliphatic rings. The lowest BCUT2D eigenvalue weighted by atomic mass is 10.0. The maximum Gasteiger partial charge on any atom is 0.252 e. The van der Waals surface area contributed by atoms with Crippen molar-refractivity contribution >= 4 is 40.0 Å². The van der Waals surface area contributed by atoms with Crippen LogP contribution >= 0.6 is 23.2 Å². The van der Waals surface area contributed by atoms with Crippen LogP contribution in [0.25, 0.3) is 10.9 Å². The van der Waals surface area contributed by atoms with Gasteiger partial charge in [0.05, 0.1) is 23.7 Å². The predicted molar refractivity (Wildman–Crippen MR) is 98.4 cm³/mol. The number of hydrogen-bond donors (Lipinski definition) is 0. The van der Waals surface area contributed by atoms with E-state index in [1.54, 1.807) is 20.4 Å². The largest absolute Gasteiger partial charge is 0.495 e. The topological polar surface area (TPSA) is 51.7 Å². The van der Waals surface area contributed by atoms with E-state index < -0.39 is 6.10 Å². The fourth-order valence-electron chi connectivity index (χ4n) is 3.45. The van der Waals surface area contributed by atoms with E-state index in [2.05, 4.69) is 4.98 Å². The number of halogens is 2. The average Bonchev–Trinajstić information content (AvgIpc) is 2.96. The van der Waals surface area contributed by atoms with Crippen molar-refractivity contribution in [3.63, 3.8) is 0 Å². The first-order chi connectivity index (χ1) is 11.9. The molecule has 2 aromatic rings. The molecule has 5 nitrogen and oxygen atoms in total. The molecule has 7 heteroatoms. The third-order valence-electron chi connectivity index (χ3n) is 4.79. The van der Waals surface area contributed by atoms with E-state index in [-0.39, 0.29) is 11.9 Å². The maximum atomic E-state index is 12.8. The van der Waals surface area contributed by atoms with E-state index in [1.165, 1.54) is 0 Å². The molecule has 0 fully saturated rings. The van der Waals surface area contributed by atoms with E-state index in [4.69, 9.17) is 32.7 Å². The summed E-state index contributed by atoms with van der Waals surface area (Å²) in [6.45, 7) is 4.44. The Morgan fingerprint density at radius 3 is 2.72 bits per heavy atom. The third-order valence-corrected chi connectivity index (χ3v) is 5.63. The van der Waals surface area contributed by atoms with Crippen molar-refractivity contribution in [3.05, 3.63) is 33.4 Å². The number of rotatable bonds is 4. The number of fused-ring (bicyclic) bond motifs is 3. The molecule has 3 rings (SSSR count). The summed E-state index contributed by atoms with van der Waals surface area (Å²) in [5.74, 6) is 0.476. The monoisotopic (exact) mass is 382 g/mol. The summed E-state index contributed by atoms with van der Waals surface area (Å²) in [6, 6.07) is 1.73. The highest BCUT2D eigenvalue weighted by Gasteiger charge is 2.35. The number of methoxy groups -OCH3 is 2. The Morgan fingerprint density at radius 1 is 1.40 bits per heavy atom. The number of benzene rings is 1. The minimum Gasteiger partial charge on any atom is -0.495 e. The zero-order chi connectivity index (χ0) is 18.3. The van der Waals surface area contributed by atoms with E-state index >= 15 is 0 Å². The lowest BCUT2D eigenvalue weighted by Gasteiger charge is -2.26. The van der Waals surface area contributed by atoms with Crippen LogP contribution in [-0.2, 0) is 16.1 Å². The van der Waals surface area contributed by atoms with Crippen LogP contribution in [0.3, 0.4) is 0 Å². The molecule has 0 saturated carbocycles. The molecule has 0 N–H and O–H groups in total. The van der Waals surface area contributed by atoms with Crippen molar-refractivity contribution in [2.45, 2.75) is 39.0 Å². The van der Waals surface area contributed by atoms with Crippen LogP contribution in [0.1, 0.15) is 37.4 Å². The standard InChI is InChI=1S/C18H20Cl2N2O3/c1-5-12(24-3)18(23)22-8-10-7-21-17-11(14(10)9(22)2)6-13(25-4)15(19)16(17)20/h6-7,9,12H,5,8H2,1-4H3/t9-,12?/m1/s1. The number of amides is 1. The fourth-order valence-corrected chi connectivity index (χ4v) is 3.91. The van der Waals surface area contributed by atoms with Crippen molar-refractivity contribution in [1.82, 2.24) is 9.88 Å². The fraction of sp³-hybridized carbons (Fsp3) is 0.444. The lowest BCUT2D eigenvalue weighted by Crippen LogP contribution is -2.38. The number of hydrogen-bond acceptors (Lipinski definition) is 4. The van der Waals surface area contributed by atoms with Gasteiger partial charge in [0.15, 0.2) is 0 Å². The van der Waals surface area contributed by atoms with Gasteiger partial charge >= 0.3 is 0 Å². The van der Waals surface area contributed by atoms with Crippen LogP contribution in [0.5, 0.6) is 5.75 Å². The maximum absolute atomic E-state index is 12.8. The molecular weight excluding hydrogens is 363 g/mol. The Morgan fingerprint density at radius 2 is 2.12 bits per heavy atom. The highest BCUT2D eigenvalue weighted by atomic mass is 35.5. The van der Waals surface area contributed by atoms with Crippen LogP contribution < -0.4 is 4.74 Å². The lowest BCUT2D eigenvalue weighted by molar-refractivity contribution is -0.144. The van der Waals surface area contributed by atoms with Gasteiger partial charge in [-0.2, -0.15) is 0 Å². The van der Waals surface area contributed by atoms with Crippen molar-refractivity contribution in [2.24, 2.45) is 0 Å². The van der Waals surface area contributed by atoms with Crippen LogP contribution in [0.2, 0.25) is 10.0 Å². The number of aromatic nitrogens is 1. The van der Waals surface area contributed by atoms with Crippen LogP contribution in [0.15, 0.2) is 12.3 Å². The first-order valence-electron chi connectivity index (χ1n) is 8.11. The van der Waals surface area contributed by atoms with Gasteiger partial charge in [-0.15, -0.1) is 0 Å². The van der Waals surface area contributed by atoms with Crippen molar-refractivity contribution in [1.29, 1.82) is 0 Å². The van der Waals surface area contributed by atoms with Gasteiger partial charge in [0.25, 0.3) is 5.91 Å². The van der Waals surface area contributed by atoms with Gasteiger partial charge in [-0.1, -0.05) is 30.1 Å². The quantitative estimate of drug-likeness (QED) is 0.787. The highest BCUT2D eigenvalue weighted by molar-refractivity contribution is 6.46. The van der Waals surface area contributed by atoms with Crippen molar-refractivity contribution in [3.8, 4) is 5.75 Å². The molecule has 25 heavy (non-hydrogen) atoms. The Bertz CT molecular complexity index is 837. The van der Waals surface area contributed by atoms with Gasteiger partial charge < -0.3 is 14.4 Å². The minimum atomic E-state index is -0.441. The molecule has 0 bridgehead atoms. The molecule has 1 amide bonds. The Labute approximate surface area is 156 Å². The van der Waals surface area contributed by atoms with E-state index in [9.17, 15) is 4.79 Å². The third kappa shape index (κ3) is 2.84. The minimum absolute atomic E-state index is 0.0196. The highest BCUT2D eigenvalue weighted by Crippen LogP contribution is 2.44. The number of pyridine rings is 1. The Balaban J connectivity index is 2.12. The molecule has 0 spiro atoms. The molecule has 1 aromatic heterocycles. The number of nitrogens with zero attached hydrogens (tertiary/aromatic N) is 2. The van der Waals surface area contributed by atoms with Crippen LogP contribution in [0, 0.1) is 0 Å². The zero-order valence-corrected chi connectivity index (χ0v) is 16.1. The summed E-state index contributed by atoms with van der Waals surface area (Å²) in [5, 5.41) is 1.56. The van der Waals surface area contributed by atoms with E-state index in [1.807, 2.05) is 24.8 Å².